The minimum atomic E-state index is -4.24. The van der Waals surface area contributed by atoms with E-state index in [2.05, 4.69) is 31.6 Å². The Labute approximate surface area is 410 Å². The monoisotopic (exact) mass is 1010 g/mol. The van der Waals surface area contributed by atoms with Gasteiger partial charge in [0, 0.05) is 76.0 Å². The van der Waals surface area contributed by atoms with E-state index in [1.807, 2.05) is 0 Å². The van der Waals surface area contributed by atoms with Gasteiger partial charge >= 0.3 is 0 Å². The van der Waals surface area contributed by atoms with Gasteiger partial charge in [0.15, 0.2) is 5.78 Å². The van der Waals surface area contributed by atoms with Crippen LogP contribution in [0.5, 0.6) is 0 Å². The molecule has 8 rings (SSSR count). The molecule has 0 atom stereocenters. The molecule has 0 fully saturated rings. The average molecular weight is 1020 g/mol. The second kappa shape index (κ2) is 19.0. The standard InChI is InChI=1S/C49H30Cl4N8O5S2/c50-31-11-17-37(43(52)21-31)39-23-45(58-48(56)41(39)25-54)27-7-13-33(14-8-27)60-67(63,64)35-5-1-3-29(19-35)47(62)30-4-2-6-36(20-30)68(65,66)61-34-15-9-28(10-16-34)46-24-40(42(26-55)49(57)59-46)38-18-12-32(51)22-44(38)53/h1-24,60-61H,(H2,56,58)(H2,57,59). The summed E-state index contributed by atoms with van der Waals surface area (Å²) in [5.74, 6) is -0.683. The van der Waals surface area contributed by atoms with Gasteiger partial charge < -0.3 is 11.5 Å². The Morgan fingerprint density at radius 3 is 1.24 bits per heavy atom. The van der Waals surface area contributed by atoms with E-state index in [4.69, 9.17) is 57.9 Å². The number of rotatable bonds is 12. The number of hydrogen-bond acceptors (Lipinski definition) is 11. The molecule has 6 N–H and O–H groups in total. The lowest BCUT2D eigenvalue weighted by atomic mass is 9.98. The van der Waals surface area contributed by atoms with Crippen LogP contribution >= 0.6 is 46.4 Å². The number of benzene rings is 6. The number of nitrogens with two attached hydrogens (primary N) is 2. The van der Waals surface area contributed by atoms with Gasteiger partial charge in [0.05, 0.1) is 21.2 Å². The Hall–Kier alpha value is -7.47. The quantitative estimate of drug-likeness (QED) is 0.0840. The van der Waals surface area contributed by atoms with Crippen molar-refractivity contribution in [3.8, 4) is 56.9 Å². The number of nitrogen functional groups attached to an aromatic ring is 2. The summed E-state index contributed by atoms with van der Waals surface area (Å²) in [6.45, 7) is 0. The molecule has 0 saturated carbocycles. The molecule has 68 heavy (non-hydrogen) atoms. The van der Waals surface area contributed by atoms with Crippen molar-refractivity contribution in [1.82, 2.24) is 9.97 Å². The second-order valence-corrected chi connectivity index (χ2v) is 19.9. The molecule has 0 unspecified atom stereocenters. The summed E-state index contributed by atoms with van der Waals surface area (Å²) in [6.07, 6.45) is 0. The number of sulfonamides is 2. The van der Waals surface area contributed by atoms with Crippen molar-refractivity contribution in [2.24, 2.45) is 0 Å². The summed E-state index contributed by atoms with van der Waals surface area (Å²) in [6, 6.07) is 40.3. The summed E-state index contributed by atoms with van der Waals surface area (Å²) in [7, 11) is -8.49. The molecule has 336 valence electrons. The van der Waals surface area contributed by atoms with Crippen LogP contribution in [0.25, 0.3) is 44.8 Å². The Balaban J connectivity index is 0.971. The van der Waals surface area contributed by atoms with Gasteiger partial charge in [0.2, 0.25) is 0 Å². The van der Waals surface area contributed by atoms with Crippen molar-refractivity contribution in [1.29, 1.82) is 10.5 Å². The number of halogens is 4. The number of nitriles is 2. The zero-order valence-electron chi connectivity index (χ0n) is 34.7. The Morgan fingerprint density at radius 2 is 0.882 bits per heavy atom. The molecule has 0 spiro atoms. The first-order valence-electron chi connectivity index (χ1n) is 19.8. The first kappa shape index (κ1) is 47.0. The van der Waals surface area contributed by atoms with E-state index >= 15 is 0 Å². The third-order valence-corrected chi connectivity index (χ3v) is 14.3. The zero-order chi connectivity index (χ0) is 48.5. The highest BCUT2D eigenvalue weighted by Crippen LogP contribution is 2.38. The number of hydrogen-bond donors (Lipinski definition) is 4. The van der Waals surface area contributed by atoms with E-state index in [1.54, 1.807) is 72.8 Å². The lowest BCUT2D eigenvalue weighted by molar-refractivity contribution is 0.103. The van der Waals surface area contributed by atoms with Gasteiger partial charge in [-0.25, -0.2) is 26.8 Å². The number of pyridine rings is 2. The number of nitrogens with one attached hydrogen (secondary N) is 2. The van der Waals surface area contributed by atoms with E-state index in [1.165, 1.54) is 72.8 Å². The molecule has 0 aliphatic carbocycles. The molecule has 0 radical (unpaired) electrons. The highest BCUT2D eigenvalue weighted by atomic mass is 35.5. The van der Waals surface area contributed by atoms with E-state index in [9.17, 15) is 32.2 Å². The van der Waals surface area contributed by atoms with E-state index < -0.39 is 25.8 Å². The van der Waals surface area contributed by atoms with Crippen molar-refractivity contribution in [2.75, 3.05) is 20.9 Å². The topological polar surface area (TPSA) is 235 Å². The summed E-state index contributed by atoms with van der Waals surface area (Å²) in [5.41, 5.74) is 16.8. The van der Waals surface area contributed by atoms with Gasteiger partial charge in [-0.05, 0) is 84.9 Å². The predicted molar refractivity (Wildman–Crippen MR) is 266 cm³/mol. The van der Waals surface area contributed by atoms with Crippen LogP contribution in [0.15, 0.2) is 155 Å². The van der Waals surface area contributed by atoms with Crippen LogP contribution in [0.1, 0.15) is 27.0 Å². The molecule has 2 aromatic heterocycles. The molecule has 0 aliphatic rings. The zero-order valence-corrected chi connectivity index (χ0v) is 39.3. The fourth-order valence-electron chi connectivity index (χ4n) is 7.12. The Bertz CT molecular complexity index is 3440. The molecular weight excluding hydrogens is 987 g/mol. The Kier molecular flexibility index (Phi) is 13.2. The Morgan fingerprint density at radius 1 is 0.500 bits per heavy atom. The number of nitrogens with zero attached hydrogens (tertiary/aromatic N) is 4. The van der Waals surface area contributed by atoms with Gasteiger partial charge in [-0.2, -0.15) is 10.5 Å². The fraction of sp³-hybridized carbons (Fsp3) is 0. The first-order valence-corrected chi connectivity index (χ1v) is 24.3. The van der Waals surface area contributed by atoms with Crippen molar-refractivity contribution in [2.45, 2.75) is 9.79 Å². The van der Waals surface area contributed by atoms with Crippen molar-refractivity contribution < 1.29 is 21.6 Å². The smallest absolute Gasteiger partial charge is 0.261 e. The fourth-order valence-corrected chi connectivity index (χ4v) is 10.4. The minimum absolute atomic E-state index is 0.0130. The van der Waals surface area contributed by atoms with Crippen LogP contribution in [0.3, 0.4) is 0 Å². The molecule has 6 aromatic carbocycles. The average Bonchev–Trinajstić information content (AvgIpc) is 3.31. The maximum absolute atomic E-state index is 13.8. The van der Waals surface area contributed by atoms with E-state index in [0.29, 0.717) is 64.9 Å². The van der Waals surface area contributed by atoms with Crippen LogP contribution in [-0.2, 0) is 20.0 Å². The van der Waals surface area contributed by atoms with Crippen LogP contribution < -0.4 is 20.9 Å². The van der Waals surface area contributed by atoms with Crippen LogP contribution in [0.2, 0.25) is 20.1 Å². The van der Waals surface area contributed by atoms with Crippen molar-refractivity contribution in [3.63, 3.8) is 0 Å². The maximum atomic E-state index is 13.8. The molecule has 19 heteroatoms. The number of anilines is 4. The SMILES string of the molecule is N#Cc1c(-c2ccc(Cl)cc2Cl)cc(-c2ccc(NS(=O)(=O)c3cccc(C(=O)c4cccc(S(=O)(=O)Nc5ccc(-c6cc(-c7ccc(Cl)cc7Cl)c(C#N)c(N)n6)cc5)c4)c3)cc2)nc1N. The maximum Gasteiger partial charge on any atom is 0.261 e. The third-order valence-electron chi connectivity index (χ3n) is 10.4. The van der Waals surface area contributed by atoms with Crippen LogP contribution in [0, 0.1) is 22.7 Å². The number of aromatic nitrogens is 2. The number of carbonyl (C=O) groups excluding carboxylic acids is 1. The molecule has 0 saturated heterocycles. The van der Waals surface area contributed by atoms with Gasteiger partial charge in [0.25, 0.3) is 20.0 Å². The predicted octanol–water partition coefficient (Wildman–Crippen LogP) is 11.5. The summed E-state index contributed by atoms with van der Waals surface area (Å²) in [4.78, 5) is 22.1. The lowest BCUT2D eigenvalue weighted by Crippen LogP contribution is -2.15. The lowest BCUT2D eigenvalue weighted by Gasteiger charge is -2.13. The molecule has 2 heterocycles. The van der Waals surface area contributed by atoms with Gasteiger partial charge in [-0.3, -0.25) is 14.2 Å². The van der Waals surface area contributed by atoms with Crippen molar-refractivity contribution >= 4 is 95.2 Å². The summed E-state index contributed by atoms with van der Waals surface area (Å²) in [5, 5.41) is 21.1. The largest absolute Gasteiger partial charge is 0.383 e. The van der Waals surface area contributed by atoms with E-state index in [-0.39, 0.29) is 55.1 Å². The van der Waals surface area contributed by atoms with Gasteiger partial charge in [-0.15, -0.1) is 0 Å². The molecule has 13 nitrogen and oxygen atoms in total. The molecular formula is C49H30Cl4N8O5S2. The number of carbonyl (C=O) groups is 1. The highest BCUT2D eigenvalue weighted by molar-refractivity contribution is 7.93. The first-order chi connectivity index (χ1) is 32.4. The van der Waals surface area contributed by atoms with E-state index in [0.717, 1.165) is 0 Å². The summed E-state index contributed by atoms with van der Waals surface area (Å²) >= 11 is 25.1. The van der Waals surface area contributed by atoms with Crippen LogP contribution in [-0.4, -0.2) is 32.6 Å². The normalized spacial score (nSPS) is 11.3. The van der Waals surface area contributed by atoms with Gasteiger partial charge in [-0.1, -0.05) is 107 Å². The molecule has 8 aromatic rings. The van der Waals surface area contributed by atoms with Gasteiger partial charge in [0.1, 0.15) is 34.9 Å². The van der Waals surface area contributed by atoms with Crippen LogP contribution in [0.4, 0.5) is 23.0 Å². The van der Waals surface area contributed by atoms with Crippen molar-refractivity contribution in [3.05, 3.63) is 188 Å². The molecule has 0 bridgehead atoms. The molecule has 0 amide bonds. The number of ketones is 1. The molecule has 0 aliphatic heterocycles. The second-order valence-electron chi connectivity index (χ2n) is 14.9. The third kappa shape index (κ3) is 9.81. The minimum Gasteiger partial charge on any atom is -0.383 e. The summed E-state index contributed by atoms with van der Waals surface area (Å²) < 4.78 is 59.5. The highest BCUT2D eigenvalue weighted by Gasteiger charge is 2.22.